The summed E-state index contributed by atoms with van der Waals surface area (Å²) >= 11 is 0. The van der Waals surface area contributed by atoms with Gasteiger partial charge in [0.2, 0.25) is 0 Å². The summed E-state index contributed by atoms with van der Waals surface area (Å²) in [6.07, 6.45) is 0.801. The van der Waals surface area contributed by atoms with Crippen molar-refractivity contribution in [1.82, 2.24) is 15.8 Å². The molecule has 0 fully saturated rings. The molecule has 0 aliphatic carbocycles. The van der Waals surface area contributed by atoms with Gasteiger partial charge in [0.05, 0.1) is 11.7 Å². The summed E-state index contributed by atoms with van der Waals surface area (Å²) in [7, 11) is 1.72. The van der Waals surface area contributed by atoms with Gasteiger partial charge in [-0.1, -0.05) is 17.3 Å². The second-order valence-corrected chi connectivity index (χ2v) is 5.93. The molecule has 0 saturated heterocycles. The molecular weight excluding hydrogens is 434 g/mol. The van der Waals surface area contributed by atoms with Crippen molar-refractivity contribution in [1.29, 1.82) is 0 Å². The first-order valence-electron chi connectivity index (χ1n) is 8.07. The fraction of sp³-hybridized carbons (Fsp3) is 0.444. The third-order valence-corrected chi connectivity index (χ3v) is 4.12. The maximum atomic E-state index is 13.7. The van der Waals surface area contributed by atoms with Crippen molar-refractivity contribution in [2.75, 3.05) is 13.6 Å². The third kappa shape index (κ3) is 5.69. The summed E-state index contributed by atoms with van der Waals surface area (Å²) in [4.78, 5) is 4.22. The normalized spacial score (nSPS) is 12.5. The number of guanidine groups is 1. The Morgan fingerprint density at radius 2 is 2.04 bits per heavy atom. The zero-order valence-electron chi connectivity index (χ0n) is 15.3. The van der Waals surface area contributed by atoms with Gasteiger partial charge in [0.25, 0.3) is 0 Å². The van der Waals surface area contributed by atoms with Crippen LogP contribution < -0.4 is 10.6 Å². The highest BCUT2D eigenvalue weighted by molar-refractivity contribution is 14.0. The van der Waals surface area contributed by atoms with Crippen LogP contribution in [0.3, 0.4) is 0 Å². The molecule has 5 nitrogen and oxygen atoms in total. The van der Waals surface area contributed by atoms with Crippen LogP contribution in [0.1, 0.15) is 41.1 Å². The van der Waals surface area contributed by atoms with Gasteiger partial charge in [0.15, 0.2) is 5.96 Å². The first-order valence-corrected chi connectivity index (χ1v) is 8.07. The van der Waals surface area contributed by atoms with Crippen LogP contribution in [0.2, 0.25) is 0 Å². The van der Waals surface area contributed by atoms with Crippen molar-refractivity contribution in [3.05, 3.63) is 52.2 Å². The van der Waals surface area contributed by atoms with Gasteiger partial charge in [0.1, 0.15) is 11.6 Å². The predicted molar refractivity (Wildman–Crippen MR) is 109 cm³/mol. The van der Waals surface area contributed by atoms with Crippen molar-refractivity contribution in [2.24, 2.45) is 4.99 Å². The van der Waals surface area contributed by atoms with E-state index in [1.165, 1.54) is 0 Å². The number of rotatable bonds is 5. The van der Waals surface area contributed by atoms with E-state index in [9.17, 15) is 4.39 Å². The van der Waals surface area contributed by atoms with Gasteiger partial charge in [-0.05, 0) is 51.3 Å². The fourth-order valence-electron chi connectivity index (χ4n) is 2.53. The fourth-order valence-corrected chi connectivity index (χ4v) is 2.53. The number of benzene rings is 1. The van der Waals surface area contributed by atoms with Crippen LogP contribution >= 0.6 is 24.0 Å². The van der Waals surface area contributed by atoms with Crippen molar-refractivity contribution in [3.8, 4) is 0 Å². The maximum absolute atomic E-state index is 13.7. The van der Waals surface area contributed by atoms with E-state index in [4.69, 9.17) is 4.52 Å². The van der Waals surface area contributed by atoms with E-state index in [0.717, 1.165) is 29.0 Å². The largest absolute Gasteiger partial charge is 0.361 e. The van der Waals surface area contributed by atoms with Gasteiger partial charge in [-0.25, -0.2) is 4.39 Å². The molecule has 0 amide bonds. The molecule has 0 spiro atoms. The Bertz CT molecular complexity index is 710. The Hall–Kier alpha value is -1.64. The summed E-state index contributed by atoms with van der Waals surface area (Å²) in [5.41, 5.74) is 3.56. The number of hydrogen-bond acceptors (Lipinski definition) is 3. The second kappa shape index (κ2) is 9.74. The summed E-state index contributed by atoms with van der Waals surface area (Å²) in [6.45, 7) is 8.29. The molecule has 1 heterocycles. The average molecular weight is 460 g/mol. The monoisotopic (exact) mass is 460 g/mol. The van der Waals surface area contributed by atoms with Gasteiger partial charge >= 0.3 is 0 Å². The molecule has 0 aliphatic rings. The van der Waals surface area contributed by atoms with Crippen molar-refractivity contribution in [2.45, 2.75) is 40.2 Å². The topological polar surface area (TPSA) is 62.5 Å². The van der Waals surface area contributed by atoms with Crippen molar-refractivity contribution >= 4 is 29.9 Å². The number of nitrogens with one attached hydrogen (secondary N) is 2. The molecule has 7 heteroatoms. The third-order valence-electron chi connectivity index (χ3n) is 4.12. The Morgan fingerprint density at radius 1 is 1.32 bits per heavy atom. The van der Waals surface area contributed by atoms with Crippen LogP contribution in [-0.4, -0.2) is 24.7 Å². The summed E-state index contributed by atoms with van der Waals surface area (Å²) < 4.78 is 18.9. The first kappa shape index (κ1) is 21.4. The molecule has 1 aromatic heterocycles. The van der Waals surface area contributed by atoms with Crippen LogP contribution in [0, 0.1) is 26.6 Å². The Kier molecular flexibility index (Phi) is 8.34. The minimum Gasteiger partial charge on any atom is -0.361 e. The van der Waals surface area contributed by atoms with E-state index in [0.29, 0.717) is 18.1 Å². The lowest BCUT2D eigenvalue weighted by Gasteiger charge is -2.18. The Morgan fingerprint density at radius 3 is 2.60 bits per heavy atom. The van der Waals surface area contributed by atoms with E-state index in [1.807, 2.05) is 26.8 Å². The maximum Gasteiger partial charge on any atom is 0.191 e. The highest BCUT2D eigenvalue weighted by Crippen LogP contribution is 2.16. The molecule has 0 saturated carbocycles. The lowest BCUT2D eigenvalue weighted by atomic mass is 10.1. The first-order chi connectivity index (χ1) is 11.4. The van der Waals surface area contributed by atoms with Gasteiger partial charge in [-0.2, -0.15) is 0 Å². The number of aryl methyl sites for hydroxylation is 3. The molecule has 0 radical (unpaired) electrons. The molecule has 1 unspecified atom stereocenters. The quantitative estimate of drug-likeness (QED) is 0.405. The van der Waals surface area contributed by atoms with E-state index >= 15 is 0 Å². The van der Waals surface area contributed by atoms with Gasteiger partial charge < -0.3 is 15.2 Å². The van der Waals surface area contributed by atoms with E-state index in [1.54, 1.807) is 26.1 Å². The lowest BCUT2D eigenvalue weighted by molar-refractivity contribution is 0.392. The highest BCUT2D eigenvalue weighted by atomic mass is 127. The van der Waals surface area contributed by atoms with E-state index < -0.39 is 0 Å². The average Bonchev–Trinajstić information content (AvgIpc) is 2.88. The number of halogens is 2. The molecule has 2 aromatic rings. The summed E-state index contributed by atoms with van der Waals surface area (Å²) in [5.74, 6) is 1.33. The molecule has 2 rings (SSSR count). The molecule has 0 aliphatic heterocycles. The summed E-state index contributed by atoms with van der Waals surface area (Å²) in [5, 5.41) is 10.5. The highest BCUT2D eigenvalue weighted by Gasteiger charge is 2.11. The zero-order chi connectivity index (χ0) is 17.7. The smallest absolute Gasteiger partial charge is 0.191 e. The van der Waals surface area contributed by atoms with Gasteiger partial charge in [0, 0.05) is 19.2 Å². The zero-order valence-corrected chi connectivity index (χ0v) is 17.6. The summed E-state index contributed by atoms with van der Waals surface area (Å²) in [6, 6.07) is 5.22. The number of aromatic nitrogens is 1. The standard InChI is InChI=1S/C18H25FN4O.HI/c1-11-6-7-15(10-17(11)19)12(2)22-18(20-5)21-9-8-16-13(3)23-24-14(16)4;/h6-7,10,12H,8-9H2,1-5H3,(H2,20,21,22);1H. The molecular formula is C18H26FIN4O. The molecule has 1 atom stereocenters. The Balaban J connectivity index is 0.00000312. The molecule has 1 aromatic carbocycles. The number of nitrogens with zero attached hydrogens (tertiary/aromatic N) is 2. The predicted octanol–water partition coefficient (Wildman–Crippen LogP) is 3.83. The number of hydrogen-bond donors (Lipinski definition) is 2. The Labute approximate surface area is 165 Å². The minimum absolute atomic E-state index is 0. The van der Waals surface area contributed by atoms with Crippen molar-refractivity contribution in [3.63, 3.8) is 0 Å². The van der Waals surface area contributed by atoms with Crippen LogP contribution in [0.4, 0.5) is 4.39 Å². The van der Waals surface area contributed by atoms with Gasteiger partial charge in [-0.3, -0.25) is 4.99 Å². The van der Waals surface area contributed by atoms with Crippen molar-refractivity contribution < 1.29 is 8.91 Å². The van der Waals surface area contributed by atoms with Crippen LogP contribution in [0.15, 0.2) is 27.7 Å². The number of aliphatic imine (C=N–C) groups is 1. The van der Waals surface area contributed by atoms with E-state index in [-0.39, 0.29) is 35.8 Å². The second-order valence-electron chi connectivity index (χ2n) is 5.93. The van der Waals surface area contributed by atoms with Crippen LogP contribution in [0.5, 0.6) is 0 Å². The SMILES string of the molecule is CN=C(NCCc1c(C)noc1C)NC(C)c1ccc(C)c(F)c1.I. The molecule has 2 N–H and O–H groups in total. The van der Waals surface area contributed by atoms with Gasteiger partial charge in [-0.15, -0.1) is 24.0 Å². The molecule has 0 bridgehead atoms. The minimum atomic E-state index is -0.192. The molecule has 25 heavy (non-hydrogen) atoms. The van der Waals surface area contributed by atoms with E-state index in [2.05, 4.69) is 20.8 Å². The lowest BCUT2D eigenvalue weighted by Crippen LogP contribution is -2.39. The van der Waals surface area contributed by atoms with Crippen LogP contribution in [-0.2, 0) is 6.42 Å². The molecule has 138 valence electrons. The van der Waals surface area contributed by atoms with Crippen LogP contribution in [0.25, 0.3) is 0 Å².